The quantitative estimate of drug-likeness (QED) is 0.502. The molecule has 1 aliphatic carbocycles. The fourth-order valence-electron chi connectivity index (χ4n) is 4.32. The van der Waals surface area contributed by atoms with Crippen LogP contribution in [0.5, 0.6) is 5.75 Å². The molecule has 8 heteroatoms. The van der Waals surface area contributed by atoms with Gasteiger partial charge in [-0.1, -0.05) is 37.9 Å². The van der Waals surface area contributed by atoms with E-state index in [1.807, 2.05) is 0 Å². The number of aryl methyl sites for hydroxylation is 1. The highest BCUT2D eigenvalue weighted by Gasteiger charge is 2.35. The molecular formula is C22H28Br2Cl2N2O2. The lowest BCUT2D eigenvalue weighted by Crippen LogP contribution is -2.49. The Labute approximate surface area is 208 Å². The molecule has 1 heterocycles. The average molecular weight is 583 g/mol. The molecule has 4 nitrogen and oxygen atoms in total. The largest absolute Gasteiger partial charge is 0.497 e. The number of nitrogens with one attached hydrogen (secondary N) is 1. The number of hydrogen-bond acceptors (Lipinski definition) is 4. The molecule has 0 saturated carbocycles. The molecule has 0 unspecified atom stereocenters. The van der Waals surface area contributed by atoms with Crippen LogP contribution < -0.4 is 10.1 Å². The van der Waals surface area contributed by atoms with Gasteiger partial charge in [-0.3, -0.25) is 4.90 Å². The lowest BCUT2D eigenvalue weighted by molar-refractivity contribution is -0.0379. The molecule has 2 atom stereocenters. The third-order valence-electron chi connectivity index (χ3n) is 5.65. The Morgan fingerprint density at radius 3 is 2.40 bits per heavy atom. The Morgan fingerprint density at radius 1 is 1.03 bits per heavy atom. The molecule has 2 aromatic carbocycles. The molecule has 1 fully saturated rings. The van der Waals surface area contributed by atoms with Gasteiger partial charge in [-0.05, 0) is 59.9 Å². The van der Waals surface area contributed by atoms with Crippen molar-refractivity contribution in [1.29, 1.82) is 0 Å². The van der Waals surface area contributed by atoms with E-state index in [4.69, 9.17) is 9.47 Å². The Kier molecular flexibility index (Phi) is 10.4. The monoisotopic (exact) mass is 580 g/mol. The van der Waals surface area contributed by atoms with E-state index in [2.05, 4.69) is 78.5 Å². The van der Waals surface area contributed by atoms with Gasteiger partial charge in [0.15, 0.2) is 0 Å². The van der Waals surface area contributed by atoms with E-state index in [-0.39, 0.29) is 37.0 Å². The predicted molar refractivity (Wildman–Crippen MR) is 133 cm³/mol. The summed E-state index contributed by atoms with van der Waals surface area (Å²) in [6.45, 7) is 4.76. The maximum absolute atomic E-state index is 6.53. The lowest BCUT2D eigenvalue weighted by atomic mass is 9.84. The van der Waals surface area contributed by atoms with E-state index >= 15 is 0 Å². The molecule has 2 aliphatic rings. The van der Waals surface area contributed by atoms with Crippen LogP contribution in [0.2, 0.25) is 0 Å². The Hall–Kier alpha value is -0.340. The van der Waals surface area contributed by atoms with Crippen molar-refractivity contribution in [3.05, 3.63) is 62.0 Å². The fraction of sp³-hybridized carbons (Fsp3) is 0.455. The first-order chi connectivity index (χ1) is 13.6. The topological polar surface area (TPSA) is 33.7 Å². The average Bonchev–Trinajstić information content (AvgIpc) is 2.71. The minimum atomic E-state index is 0. The number of ether oxygens (including phenoxy) is 2. The molecule has 0 radical (unpaired) electrons. The zero-order valence-corrected chi connectivity index (χ0v) is 21.7. The van der Waals surface area contributed by atoms with Gasteiger partial charge < -0.3 is 14.8 Å². The maximum Gasteiger partial charge on any atom is 0.119 e. The van der Waals surface area contributed by atoms with Gasteiger partial charge >= 0.3 is 0 Å². The highest BCUT2D eigenvalue weighted by atomic mass is 79.9. The number of methoxy groups -OCH3 is 1. The van der Waals surface area contributed by atoms with Crippen molar-refractivity contribution in [2.75, 3.05) is 33.3 Å². The van der Waals surface area contributed by atoms with Crippen LogP contribution in [0, 0.1) is 0 Å². The summed E-state index contributed by atoms with van der Waals surface area (Å²) in [4.78, 5) is 2.58. The van der Waals surface area contributed by atoms with Gasteiger partial charge in [0.25, 0.3) is 0 Å². The van der Waals surface area contributed by atoms with E-state index in [0.29, 0.717) is 6.61 Å². The van der Waals surface area contributed by atoms with Crippen LogP contribution in [0.25, 0.3) is 0 Å². The molecule has 0 aromatic heterocycles. The lowest BCUT2D eigenvalue weighted by Gasteiger charge is -2.43. The van der Waals surface area contributed by atoms with E-state index < -0.39 is 0 Å². The highest BCUT2D eigenvalue weighted by Crippen LogP contribution is 2.38. The first-order valence-corrected chi connectivity index (χ1v) is 11.4. The Bertz CT molecular complexity index is 815. The smallest absolute Gasteiger partial charge is 0.119 e. The number of hydrogen-bond donors (Lipinski definition) is 1. The molecule has 30 heavy (non-hydrogen) atoms. The van der Waals surface area contributed by atoms with Crippen LogP contribution in [0.3, 0.4) is 0 Å². The number of piperazine rings is 1. The second kappa shape index (κ2) is 12.0. The Balaban J connectivity index is 0.00000160. The number of fused-ring (bicyclic) bond motifs is 1. The fourth-order valence-corrected chi connectivity index (χ4v) is 5.71. The van der Waals surface area contributed by atoms with Crippen molar-refractivity contribution < 1.29 is 9.47 Å². The zero-order valence-electron chi connectivity index (χ0n) is 16.9. The van der Waals surface area contributed by atoms with Gasteiger partial charge in [0.2, 0.25) is 0 Å². The highest BCUT2D eigenvalue weighted by molar-refractivity contribution is 9.11. The van der Waals surface area contributed by atoms with Crippen LogP contribution in [0.1, 0.15) is 29.2 Å². The Morgan fingerprint density at radius 2 is 1.73 bits per heavy atom. The summed E-state index contributed by atoms with van der Waals surface area (Å²) < 4.78 is 14.2. The summed E-state index contributed by atoms with van der Waals surface area (Å²) in [6.07, 6.45) is 2.27. The molecule has 1 aliphatic heterocycles. The van der Waals surface area contributed by atoms with E-state index in [0.717, 1.165) is 53.7 Å². The van der Waals surface area contributed by atoms with E-state index in [1.54, 1.807) is 7.11 Å². The van der Waals surface area contributed by atoms with Crippen molar-refractivity contribution in [2.24, 2.45) is 0 Å². The first-order valence-electron chi connectivity index (χ1n) is 9.82. The number of halogens is 4. The zero-order chi connectivity index (χ0) is 19.5. The second-order valence-electron chi connectivity index (χ2n) is 7.46. The molecule has 1 saturated heterocycles. The molecule has 4 rings (SSSR count). The predicted octanol–water partition coefficient (Wildman–Crippen LogP) is 5.54. The summed E-state index contributed by atoms with van der Waals surface area (Å²) in [5, 5.41) is 3.47. The van der Waals surface area contributed by atoms with Crippen LogP contribution >= 0.6 is 56.7 Å². The normalized spacial score (nSPS) is 21.2. The van der Waals surface area contributed by atoms with Gasteiger partial charge in [-0.2, -0.15) is 0 Å². The van der Waals surface area contributed by atoms with Gasteiger partial charge in [-0.25, -0.2) is 0 Å². The molecule has 0 amide bonds. The van der Waals surface area contributed by atoms with Crippen molar-refractivity contribution in [3.63, 3.8) is 0 Å². The minimum Gasteiger partial charge on any atom is -0.497 e. The number of rotatable bonds is 5. The maximum atomic E-state index is 6.53. The van der Waals surface area contributed by atoms with Crippen LogP contribution in [0.15, 0.2) is 45.3 Å². The van der Waals surface area contributed by atoms with Gasteiger partial charge in [0.1, 0.15) is 5.75 Å². The standard InChI is InChI=1S/C22H26Br2N2O2.2ClH/c1-27-19-4-2-16-3-5-21(28-14-15-10-17(23)12-18(24)11-15)22(20(16)13-19)26-8-6-25-7-9-26;;/h2,4,10-13,21-22,25H,3,5-9,14H2,1H3;2*1H/t21-,22-;;/m1../s1. The summed E-state index contributed by atoms with van der Waals surface area (Å²) in [5.74, 6) is 0.926. The van der Waals surface area contributed by atoms with Gasteiger partial charge in [0, 0.05) is 35.1 Å². The molecule has 2 aromatic rings. The molecule has 0 spiro atoms. The van der Waals surface area contributed by atoms with Gasteiger partial charge in [-0.15, -0.1) is 24.8 Å². The SMILES string of the molecule is COc1ccc2c(c1)[C@@H](N1CCNCC1)[C@H](OCc1cc(Br)cc(Br)c1)CC2.Cl.Cl. The summed E-state index contributed by atoms with van der Waals surface area (Å²) >= 11 is 7.15. The summed E-state index contributed by atoms with van der Waals surface area (Å²) in [6, 6.07) is 13.1. The summed E-state index contributed by atoms with van der Waals surface area (Å²) in [5.41, 5.74) is 3.97. The van der Waals surface area contributed by atoms with Crippen LogP contribution in [0.4, 0.5) is 0 Å². The molecule has 0 bridgehead atoms. The number of nitrogens with zero attached hydrogens (tertiary/aromatic N) is 1. The molecular weight excluding hydrogens is 555 g/mol. The van der Waals surface area contributed by atoms with Crippen molar-refractivity contribution >= 4 is 56.7 Å². The minimum absolute atomic E-state index is 0. The summed E-state index contributed by atoms with van der Waals surface area (Å²) in [7, 11) is 1.74. The van der Waals surface area contributed by atoms with Crippen molar-refractivity contribution in [3.8, 4) is 5.75 Å². The van der Waals surface area contributed by atoms with Gasteiger partial charge in [0.05, 0.1) is 25.9 Å². The van der Waals surface area contributed by atoms with E-state index in [1.165, 1.54) is 16.7 Å². The van der Waals surface area contributed by atoms with E-state index in [9.17, 15) is 0 Å². The first kappa shape index (κ1) is 25.9. The van der Waals surface area contributed by atoms with Crippen molar-refractivity contribution in [1.82, 2.24) is 10.2 Å². The van der Waals surface area contributed by atoms with Crippen molar-refractivity contribution in [2.45, 2.75) is 31.6 Å². The van der Waals surface area contributed by atoms with Crippen LogP contribution in [-0.4, -0.2) is 44.3 Å². The number of benzene rings is 2. The van der Waals surface area contributed by atoms with Crippen LogP contribution in [-0.2, 0) is 17.8 Å². The second-order valence-corrected chi connectivity index (χ2v) is 9.29. The molecule has 1 N–H and O–H groups in total. The molecule has 166 valence electrons. The third-order valence-corrected chi connectivity index (χ3v) is 6.57. The third kappa shape index (κ3) is 6.12.